The van der Waals surface area contributed by atoms with Gasteiger partial charge in [-0.05, 0) is 39.3 Å². The third-order valence-corrected chi connectivity index (χ3v) is 5.75. The van der Waals surface area contributed by atoms with Crippen molar-refractivity contribution in [3.8, 4) is 11.4 Å². The van der Waals surface area contributed by atoms with Crippen LogP contribution in [0.5, 0.6) is 0 Å². The highest BCUT2D eigenvalue weighted by Gasteiger charge is 2.35. The molecule has 27 heavy (non-hydrogen) atoms. The molecule has 0 saturated heterocycles. The number of hydrogen-bond acceptors (Lipinski definition) is 5. The van der Waals surface area contributed by atoms with E-state index in [0.29, 0.717) is 16.0 Å². The molecule has 3 rings (SSSR count). The van der Waals surface area contributed by atoms with Crippen molar-refractivity contribution in [2.45, 2.75) is 33.2 Å². The van der Waals surface area contributed by atoms with Crippen molar-refractivity contribution in [2.75, 3.05) is 0 Å². The molecule has 0 radical (unpaired) electrons. The fourth-order valence-electron chi connectivity index (χ4n) is 3.01. The smallest absolute Gasteiger partial charge is 0.329 e. The minimum Gasteiger partial charge on any atom is -0.480 e. The van der Waals surface area contributed by atoms with E-state index in [1.54, 1.807) is 13.0 Å². The van der Waals surface area contributed by atoms with Crippen LogP contribution in [0.15, 0.2) is 29.1 Å². The van der Waals surface area contributed by atoms with Crippen LogP contribution in [0, 0.1) is 13.8 Å². The summed E-state index contributed by atoms with van der Waals surface area (Å²) in [6.07, 6.45) is 0. The number of aromatic nitrogens is 2. The summed E-state index contributed by atoms with van der Waals surface area (Å²) in [4.78, 5) is 42.1. The van der Waals surface area contributed by atoms with Gasteiger partial charge in [-0.3, -0.25) is 14.2 Å². The number of rotatable bonds is 4. The van der Waals surface area contributed by atoms with Gasteiger partial charge in [0.15, 0.2) is 0 Å². The van der Waals surface area contributed by atoms with E-state index in [2.05, 4.69) is 4.98 Å². The summed E-state index contributed by atoms with van der Waals surface area (Å²) >= 11 is 1.04. The van der Waals surface area contributed by atoms with Crippen molar-refractivity contribution in [1.82, 2.24) is 9.55 Å². The number of primary amides is 1. The average molecular weight is 385 g/mol. The highest BCUT2D eigenvalue weighted by Crippen LogP contribution is 2.31. The molecule has 3 N–H and O–H groups in total. The van der Waals surface area contributed by atoms with Gasteiger partial charge in [0.1, 0.15) is 16.2 Å². The van der Waals surface area contributed by atoms with Gasteiger partial charge in [-0.2, -0.15) is 0 Å². The number of nitrogens with two attached hydrogens (primary N) is 1. The van der Waals surface area contributed by atoms with E-state index >= 15 is 0 Å². The first-order chi connectivity index (χ1) is 12.6. The lowest BCUT2D eigenvalue weighted by molar-refractivity contribution is -0.145. The van der Waals surface area contributed by atoms with Crippen LogP contribution in [0.1, 0.15) is 34.6 Å². The molecule has 0 saturated carbocycles. The second kappa shape index (κ2) is 6.31. The van der Waals surface area contributed by atoms with Gasteiger partial charge in [0.05, 0.1) is 10.3 Å². The van der Waals surface area contributed by atoms with E-state index in [4.69, 9.17) is 5.73 Å². The Morgan fingerprint density at radius 2 is 1.93 bits per heavy atom. The Kier molecular flexibility index (Phi) is 4.39. The second-order valence-electron chi connectivity index (χ2n) is 6.91. The molecular weight excluding hydrogens is 366 g/mol. The van der Waals surface area contributed by atoms with Crippen molar-refractivity contribution in [3.05, 3.63) is 50.6 Å². The number of carboxylic acids is 1. The topological polar surface area (TPSA) is 115 Å². The van der Waals surface area contributed by atoms with Crippen LogP contribution >= 0.6 is 11.3 Å². The number of carboxylic acid groups (broad SMARTS) is 1. The number of thiophene rings is 1. The number of amides is 1. The predicted octanol–water partition coefficient (Wildman–Crippen LogP) is 2.66. The largest absolute Gasteiger partial charge is 0.480 e. The van der Waals surface area contributed by atoms with E-state index in [1.807, 2.05) is 25.1 Å². The molecule has 0 atom stereocenters. The number of aryl methyl sites for hydroxylation is 2. The zero-order valence-corrected chi connectivity index (χ0v) is 16.2. The van der Waals surface area contributed by atoms with Crippen LogP contribution in [0.3, 0.4) is 0 Å². The standard InChI is InChI=1S/C19H19N3O4S/c1-9-6-5-7-11(8-9)15-21-16-12(10(2)13(27-16)14(20)23)17(24)22(15)19(3,4)18(25)26/h5-8H,1-4H3,(H2,20,23)(H,25,26). The number of hydrogen-bond donors (Lipinski definition) is 2. The van der Waals surface area contributed by atoms with Crippen molar-refractivity contribution in [2.24, 2.45) is 5.73 Å². The second-order valence-corrected chi connectivity index (χ2v) is 7.91. The van der Waals surface area contributed by atoms with Crippen molar-refractivity contribution < 1.29 is 14.7 Å². The Labute approximate surface area is 159 Å². The average Bonchev–Trinajstić information content (AvgIpc) is 2.91. The van der Waals surface area contributed by atoms with E-state index in [0.717, 1.165) is 16.9 Å². The highest BCUT2D eigenvalue weighted by atomic mass is 32.1. The first kappa shape index (κ1) is 18.8. The van der Waals surface area contributed by atoms with Crippen LogP contribution in [0.25, 0.3) is 21.6 Å². The van der Waals surface area contributed by atoms with Gasteiger partial charge < -0.3 is 10.8 Å². The number of aliphatic carboxylic acids is 1. The molecule has 2 aromatic heterocycles. The summed E-state index contributed by atoms with van der Waals surface area (Å²) in [6.45, 7) is 6.40. The van der Waals surface area contributed by atoms with Crippen LogP contribution in [-0.4, -0.2) is 26.5 Å². The molecule has 0 unspecified atom stereocenters. The molecule has 0 bridgehead atoms. The van der Waals surface area contributed by atoms with E-state index in [1.165, 1.54) is 18.4 Å². The van der Waals surface area contributed by atoms with E-state index < -0.39 is 23.0 Å². The summed E-state index contributed by atoms with van der Waals surface area (Å²) < 4.78 is 1.18. The Morgan fingerprint density at radius 1 is 1.26 bits per heavy atom. The summed E-state index contributed by atoms with van der Waals surface area (Å²) in [5.41, 5.74) is 5.35. The molecule has 0 aliphatic carbocycles. The number of benzene rings is 1. The molecule has 1 amide bonds. The monoisotopic (exact) mass is 385 g/mol. The van der Waals surface area contributed by atoms with Gasteiger partial charge in [-0.1, -0.05) is 23.8 Å². The molecule has 7 nitrogen and oxygen atoms in total. The van der Waals surface area contributed by atoms with Crippen LogP contribution < -0.4 is 11.3 Å². The molecule has 0 spiro atoms. The molecule has 8 heteroatoms. The molecule has 1 aromatic carbocycles. The molecular formula is C19H19N3O4S. The van der Waals surface area contributed by atoms with Gasteiger partial charge in [0.25, 0.3) is 11.5 Å². The lowest BCUT2D eigenvalue weighted by atomic mass is 10.0. The van der Waals surface area contributed by atoms with E-state index in [9.17, 15) is 19.5 Å². The lowest BCUT2D eigenvalue weighted by Crippen LogP contribution is -2.44. The fourth-order valence-corrected chi connectivity index (χ4v) is 4.03. The zero-order valence-electron chi connectivity index (χ0n) is 15.4. The maximum Gasteiger partial charge on any atom is 0.329 e. The maximum atomic E-state index is 13.3. The minimum atomic E-state index is -1.54. The lowest BCUT2D eigenvalue weighted by Gasteiger charge is -2.25. The SMILES string of the molecule is Cc1cccc(-c2nc3sc(C(N)=O)c(C)c3c(=O)n2C(C)(C)C(=O)O)c1. The third kappa shape index (κ3) is 2.91. The summed E-state index contributed by atoms with van der Waals surface area (Å²) in [5, 5.41) is 9.94. The molecule has 0 fully saturated rings. The van der Waals surface area contributed by atoms with E-state index in [-0.39, 0.29) is 16.1 Å². The van der Waals surface area contributed by atoms with Gasteiger partial charge in [0, 0.05) is 5.56 Å². The van der Waals surface area contributed by atoms with Gasteiger partial charge >= 0.3 is 5.97 Å². The summed E-state index contributed by atoms with van der Waals surface area (Å²) in [5.74, 6) is -1.57. The number of fused-ring (bicyclic) bond motifs is 1. The Hall–Kier alpha value is -3.00. The Balaban J connectivity index is 2.52. The van der Waals surface area contributed by atoms with Gasteiger partial charge in [-0.25, -0.2) is 9.78 Å². The van der Waals surface area contributed by atoms with Crippen molar-refractivity contribution in [3.63, 3.8) is 0 Å². The van der Waals surface area contributed by atoms with Crippen molar-refractivity contribution in [1.29, 1.82) is 0 Å². The first-order valence-corrected chi connectivity index (χ1v) is 9.04. The normalized spacial score (nSPS) is 11.7. The quantitative estimate of drug-likeness (QED) is 0.716. The maximum absolute atomic E-state index is 13.3. The zero-order chi connectivity index (χ0) is 20.1. The minimum absolute atomic E-state index is 0.222. The Morgan fingerprint density at radius 3 is 2.48 bits per heavy atom. The summed E-state index contributed by atoms with van der Waals surface area (Å²) in [6, 6.07) is 7.31. The van der Waals surface area contributed by atoms with Crippen LogP contribution in [0.2, 0.25) is 0 Å². The van der Waals surface area contributed by atoms with Gasteiger partial charge in [0.2, 0.25) is 0 Å². The number of carbonyl (C=O) groups excluding carboxylic acids is 1. The Bertz CT molecular complexity index is 1160. The first-order valence-electron chi connectivity index (χ1n) is 8.22. The number of carbonyl (C=O) groups is 2. The van der Waals surface area contributed by atoms with Crippen LogP contribution in [-0.2, 0) is 10.3 Å². The van der Waals surface area contributed by atoms with Crippen LogP contribution in [0.4, 0.5) is 0 Å². The number of nitrogens with zero attached hydrogens (tertiary/aromatic N) is 2. The fraction of sp³-hybridized carbons (Fsp3) is 0.263. The molecule has 0 aliphatic heterocycles. The molecule has 2 heterocycles. The third-order valence-electron chi connectivity index (χ3n) is 4.55. The van der Waals surface area contributed by atoms with Gasteiger partial charge in [-0.15, -0.1) is 11.3 Å². The predicted molar refractivity (Wildman–Crippen MR) is 104 cm³/mol. The molecule has 3 aromatic rings. The highest BCUT2D eigenvalue weighted by molar-refractivity contribution is 7.20. The molecule has 140 valence electrons. The molecule has 0 aliphatic rings. The van der Waals surface area contributed by atoms with Crippen molar-refractivity contribution >= 4 is 33.4 Å². The summed E-state index contributed by atoms with van der Waals surface area (Å²) in [7, 11) is 0.